The Hall–Kier alpha value is -1.41. The number of aryl methyl sites for hydroxylation is 2. The Kier molecular flexibility index (Phi) is 4.38. The molecule has 21 heavy (non-hydrogen) atoms. The van der Waals surface area contributed by atoms with E-state index in [0.717, 1.165) is 26.7 Å². The molecule has 0 aliphatic heterocycles. The van der Waals surface area contributed by atoms with Gasteiger partial charge in [-0.2, -0.15) is 0 Å². The molecule has 0 unspecified atom stereocenters. The Morgan fingerprint density at radius 2 is 1.38 bits per heavy atom. The predicted octanol–water partition coefficient (Wildman–Crippen LogP) is 5.59. The van der Waals surface area contributed by atoms with E-state index in [4.69, 9.17) is 0 Å². The van der Waals surface area contributed by atoms with Crippen molar-refractivity contribution < 1.29 is 4.79 Å². The fourth-order valence-corrected chi connectivity index (χ4v) is 2.59. The number of ketones is 1. The zero-order valence-electron chi connectivity index (χ0n) is 13.3. The lowest BCUT2D eigenvalue weighted by molar-refractivity contribution is 0.103. The molecule has 0 N–H and O–H groups in total. The summed E-state index contributed by atoms with van der Waals surface area (Å²) >= 11 is 3.54. The van der Waals surface area contributed by atoms with Crippen LogP contribution in [0.25, 0.3) is 0 Å². The van der Waals surface area contributed by atoms with Crippen molar-refractivity contribution in [2.75, 3.05) is 0 Å². The van der Waals surface area contributed by atoms with Crippen LogP contribution in [0.4, 0.5) is 0 Å². The normalized spacial score (nSPS) is 11.5. The smallest absolute Gasteiger partial charge is 0.193 e. The second-order valence-electron chi connectivity index (χ2n) is 6.58. The summed E-state index contributed by atoms with van der Waals surface area (Å²) in [4.78, 5) is 12.6. The van der Waals surface area contributed by atoms with Crippen LogP contribution >= 0.6 is 15.9 Å². The maximum Gasteiger partial charge on any atom is 0.193 e. The van der Waals surface area contributed by atoms with Gasteiger partial charge in [0.1, 0.15) is 0 Å². The third kappa shape index (κ3) is 3.44. The van der Waals surface area contributed by atoms with Gasteiger partial charge >= 0.3 is 0 Å². The molecule has 0 bridgehead atoms. The lowest BCUT2D eigenvalue weighted by Gasteiger charge is -2.19. The average Bonchev–Trinajstić information content (AvgIpc) is 2.42. The van der Waals surface area contributed by atoms with Gasteiger partial charge in [-0.25, -0.2) is 0 Å². The molecule has 2 aromatic carbocycles. The molecular weight excluding hydrogens is 324 g/mol. The zero-order chi connectivity index (χ0) is 15.8. The van der Waals surface area contributed by atoms with Gasteiger partial charge in [0, 0.05) is 15.6 Å². The van der Waals surface area contributed by atoms with Gasteiger partial charge in [0.2, 0.25) is 0 Å². The van der Waals surface area contributed by atoms with E-state index in [1.54, 1.807) is 0 Å². The van der Waals surface area contributed by atoms with Gasteiger partial charge < -0.3 is 0 Å². The number of rotatable bonds is 2. The fraction of sp³-hybridized carbons (Fsp3) is 0.316. The summed E-state index contributed by atoms with van der Waals surface area (Å²) in [7, 11) is 0. The minimum atomic E-state index is 0.0779. The summed E-state index contributed by atoms with van der Waals surface area (Å²) in [5.74, 6) is 0.0779. The van der Waals surface area contributed by atoms with Gasteiger partial charge in [0.05, 0.1) is 0 Å². The molecule has 110 valence electrons. The SMILES string of the molecule is Cc1cc(C(=O)c2ccc(C(C)(C)C)cc2)cc(C)c1Br. The molecule has 0 heterocycles. The topological polar surface area (TPSA) is 17.1 Å². The fourth-order valence-electron chi connectivity index (χ4n) is 2.37. The van der Waals surface area contributed by atoms with E-state index < -0.39 is 0 Å². The molecule has 2 aromatic rings. The molecule has 0 aliphatic carbocycles. The highest BCUT2D eigenvalue weighted by atomic mass is 79.9. The Morgan fingerprint density at radius 3 is 1.81 bits per heavy atom. The summed E-state index contributed by atoms with van der Waals surface area (Å²) in [6.45, 7) is 10.5. The zero-order valence-corrected chi connectivity index (χ0v) is 14.8. The van der Waals surface area contributed by atoms with Gasteiger partial charge in [0.15, 0.2) is 5.78 Å². The largest absolute Gasteiger partial charge is 0.289 e. The maximum atomic E-state index is 12.6. The first-order chi connectivity index (χ1) is 9.70. The molecule has 2 rings (SSSR count). The molecule has 0 saturated carbocycles. The summed E-state index contributed by atoms with van der Waals surface area (Å²) in [6.07, 6.45) is 0. The van der Waals surface area contributed by atoms with Crippen molar-refractivity contribution in [3.05, 3.63) is 68.7 Å². The number of benzene rings is 2. The molecular formula is C19H21BrO. The van der Waals surface area contributed by atoms with Gasteiger partial charge in [-0.05, 0) is 48.1 Å². The Bertz CT molecular complexity index is 653. The minimum Gasteiger partial charge on any atom is -0.289 e. The lowest BCUT2D eigenvalue weighted by Crippen LogP contribution is -2.11. The van der Waals surface area contributed by atoms with E-state index in [0.29, 0.717) is 0 Å². The number of halogens is 1. The van der Waals surface area contributed by atoms with Crippen molar-refractivity contribution in [2.45, 2.75) is 40.0 Å². The number of hydrogen-bond acceptors (Lipinski definition) is 1. The van der Waals surface area contributed by atoms with Gasteiger partial charge in [-0.1, -0.05) is 61.0 Å². The van der Waals surface area contributed by atoms with Crippen molar-refractivity contribution in [2.24, 2.45) is 0 Å². The average molecular weight is 345 g/mol. The molecule has 0 amide bonds. The van der Waals surface area contributed by atoms with E-state index in [1.807, 2.05) is 50.2 Å². The van der Waals surface area contributed by atoms with Gasteiger partial charge in [0.25, 0.3) is 0 Å². The third-order valence-corrected chi connectivity index (χ3v) is 4.96. The van der Waals surface area contributed by atoms with E-state index >= 15 is 0 Å². The Morgan fingerprint density at radius 1 is 0.905 bits per heavy atom. The lowest BCUT2D eigenvalue weighted by atomic mass is 9.86. The van der Waals surface area contributed by atoms with E-state index in [1.165, 1.54) is 5.56 Å². The van der Waals surface area contributed by atoms with Crippen LogP contribution in [-0.4, -0.2) is 5.78 Å². The maximum absolute atomic E-state index is 12.6. The van der Waals surface area contributed by atoms with Crippen LogP contribution in [0.5, 0.6) is 0 Å². The second-order valence-corrected chi connectivity index (χ2v) is 7.37. The van der Waals surface area contributed by atoms with E-state index in [9.17, 15) is 4.79 Å². The van der Waals surface area contributed by atoms with Crippen molar-refractivity contribution >= 4 is 21.7 Å². The second kappa shape index (κ2) is 5.76. The van der Waals surface area contributed by atoms with Crippen LogP contribution in [0.15, 0.2) is 40.9 Å². The Labute approximate surface area is 135 Å². The van der Waals surface area contributed by atoms with E-state index in [2.05, 4.69) is 36.7 Å². The first-order valence-electron chi connectivity index (χ1n) is 7.12. The molecule has 0 fully saturated rings. The first kappa shape index (κ1) is 16.0. The van der Waals surface area contributed by atoms with E-state index in [-0.39, 0.29) is 11.2 Å². The molecule has 0 saturated heterocycles. The summed E-state index contributed by atoms with van der Waals surface area (Å²) in [5, 5.41) is 0. The highest BCUT2D eigenvalue weighted by Gasteiger charge is 2.16. The molecule has 2 heteroatoms. The van der Waals surface area contributed by atoms with Crippen molar-refractivity contribution in [3.8, 4) is 0 Å². The molecule has 0 atom stereocenters. The number of hydrogen-bond donors (Lipinski definition) is 0. The molecule has 0 aliphatic rings. The van der Waals surface area contributed by atoms with Crippen molar-refractivity contribution in [1.82, 2.24) is 0 Å². The van der Waals surface area contributed by atoms with Crippen LogP contribution in [0.2, 0.25) is 0 Å². The van der Waals surface area contributed by atoms with Crippen LogP contribution in [0.1, 0.15) is 53.4 Å². The summed E-state index contributed by atoms with van der Waals surface area (Å²) in [6, 6.07) is 11.8. The van der Waals surface area contributed by atoms with Crippen LogP contribution in [0, 0.1) is 13.8 Å². The summed E-state index contributed by atoms with van der Waals surface area (Å²) in [5.41, 5.74) is 5.00. The van der Waals surface area contributed by atoms with Crippen LogP contribution in [-0.2, 0) is 5.41 Å². The third-order valence-electron chi connectivity index (χ3n) is 3.71. The first-order valence-corrected chi connectivity index (χ1v) is 7.91. The van der Waals surface area contributed by atoms with Gasteiger partial charge in [-0.15, -0.1) is 0 Å². The number of carbonyl (C=O) groups excluding carboxylic acids is 1. The predicted molar refractivity (Wildman–Crippen MR) is 92.2 cm³/mol. The Balaban J connectivity index is 2.37. The minimum absolute atomic E-state index is 0.0779. The van der Waals surface area contributed by atoms with Crippen LogP contribution in [0.3, 0.4) is 0 Å². The van der Waals surface area contributed by atoms with Crippen LogP contribution < -0.4 is 0 Å². The quantitative estimate of drug-likeness (QED) is 0.648. The molecule has 0 spiro atoms. The van der Waals surface area contributed by atoms with Gasteiger partial charge in [-0.3, -0.25) is 4.79 Å². The van der Waals surface area contributed by atoms with Crippen molar-refractivity contribution in [1.29, 1.82) is 0 Å². The number of carbonyl (C=O) groups is 1. The van der Waals surface area contributed by atoms with Crippen molar-refractivity contribution in [3.63, 3.8) is 0 Å². The monoisotopic (exact) mass is 344 g/mol. The molecule has 0 aromatic heterocycles. The highest BCUT2D eigenvalue weighted by Crippen LogP contribution is 2.25. The summed E-state index contributed by atoms with van der Waals surface area (Å²) < 4.78 is 1.07. The molecule has 0 radical (unpaired) electrons. The molecule has 1 nitrogen and oxygen atoms in total. The highest BCUT2D eigenvalue weighted by molar-refractivity contribution is 9.10. The standard InChI is InChI=1S/C19H21BrO/c1-12-10-15(11-13(2)17(12)20)18(21)14-6-8-16(9-7-14)19(3,4)5/h6-11H,1-5H3.